The van der Waals surface area contributed by atoms with Crippen LogP contribution in [-0.4, -0.2) is 30.0 Å². The van der Waals surface area contributed by atoms with Gasteiger partial charge in [0, 0.05) is 29.8 Å². The fraction of sp³-hybridized carbons (Fsp3) is 0.294. The van der Waals surface area contributed by atoms with Crippen LogP contribution in [0.4, 0.5) is 10.2 Å². The van der Waals surface area contributed by atoms with Gasteiger partial charge in [-0.2, -0.15) is 0 Å². The van der Waals surface area contributed by atoms with Crippen LogP contribution >= 0.6 is 15.9 Å². The highest BCUT2D eigenvalue weighted by Gasteiger charge is 2.22. The van der Waals surface area contributed by atoms with Crippen LogP contribution in [0, 0.1) is 5.82 Å². The number of aromatic nitrogens is 1. The molecule has 23 heavy (non-hydrogen) atoms. The minimum Gasteiger partial charge on any atom is -0.356 e. The van der Waals surface area contributed by atoms with Gasteiger partial charge in [0.1, 0.15) is 11.6 Å². The zero-order valence-electron chi connectivity index (χ0n) is 12.5. The van der Waals surface area contributed by atoms with Gasteiger partial charge in [-0.25, -0.2) is 9.37 Å². The van der Waals surface area contributed by atoms with E-state index in [-0.39, 0.29) is 17.5 Å². The van der Waals surface area contributed by atoms with Crippen LogP contribution in [0.5, 0.6) is 0 Å². The van der Waals surface area contributed by atoms with E-state index in [2.05, 4.69) is 31.1 Å². The first kappa shape index (κ1) is 15.9. The lowest BCUT2D eigenvalue weighted by Crippen LogP contribution is -2.45. The van der Waals surface area contributed by atoms with Crippen molar-refractivity contribution in [3.63, 3.8) is 0 Å². The smallest absolute Gasteiger partial charge is 0.254 e. The van der Waals surface area contributed by atoms with Gasteiger partial charge >= 0.3 is 0 Å². The van der Waals surface area contributed by atoms with Crippen LogP contribution in [0.1, 0.15) is 23.2 Å². The summed E-state index contributed by atoms with van der Waals surface area (Å²) in [5.41, 5.74) is 0.101. The zero-order chi connectivity index (χ0) is 16.2. The summed E-state index contributed by atoms with van der Waals surface area (Å²) in [4.78, 5) is 18.7. The van der Waals surface area contributed by atoms with Gasteiger partial charge in [0.2, 0.25) is 0 Å². The number of rotatable bonds is 3. The number of hydrogen-bond donors (Lipinski definition) is 1. The summed E-state index contributed by atoms with van der Waals surface area (Å²) in [5.74, 6) is 0.108. The molecule has 0 bridgehead atoms. The molecule has 0 spiro atoms. The fourth-order valence-electron chi connectivity index (χ4n) is 2.72. The van der Waals surface area contributed by atoms with Gasteiger partial charge in [-0.3, -0.25) is 4.79 Å². The molecule has 0 atom stereocenters. The van der Waals surface area contributed by atoms with Crippen molar-refractivity contribution in [1.29, 1.82) is 0 Å². The second-order valence-corrected chi connectivity index (χ2v) is 6.46. The molecular weight excluding hydrogens is 361 g/mol. The Hall–Kier alpha value is -1.95. The number of amides is 1. The Balaban J connectivity index is 1.56. The van der Waals surface area contributed by atoms with Gasteiger partial charge in [-0.05, 0) is 53.0 Å². The Morgan fingerprint density at radius 1 is 1.22 bits per heavy atom. The van der Waals surface area contributed by atoms with Crippen LogP contribution in [-0.2, 0) is 0 Å². The average molecular weight is 378 g/mol. The molecule has 3 rings (SSSR count). The first-order valence-corrected chi connectivity index (χ1v) is 8.34. The third-order valence-electron chi connectivity index (χ3n) is 3.98. The molecular formula is C17H17BrFN3O. The summed E-state index contributed by atoms with van der Waals surface area (Å²) in [5, 5.41) is 2.92. The van der Waals surface area contributed by atoms with Crippen LogP contribution in [0.15, 0.2) is 47.1 Å². The molecule has 0 aliphatic carbocycles. The number of benzene rings is 1. The summed E-state index contributed by atoms with van der Waals surface area (Å²) in [6.07, 6.45) is 3.41. The molecule has 1 aliphatic rings. The average Bonchev–Trinajstić information content (AvgIpc) is 2.57. The molecule has 1 aliphatic heterocycles. The number of hydrogen-bond acceptors (Lipinski definition) is 3. The summed E-state index contributed by atoms with van der Waals surface area (Å²) < 4.78 is 14.6. The molecule has 0 saturated carbocycles. The van der Waals surface area contributed by atoms with E-state index < -0.39 is 5.82 Å². The Bertz CT molecular complexity index is 684. The molecule has 0 radical (unpaired) electrons. The third kappa shape index (κ3) is 3.88. The number of pyridine rings is 1. The van der Waals surface area contributed by atoms with Gasteiger partial charge in [-0.15, -0.1) is 0 Å². The SMILES string of the molecule is O=C(NC1CCN(c2ccc(Br)cn2)CC1)c1ccccc1F. The van der Waals surface area contributed by atoms with Crippen molar-refractivity contribution in [1.82, 2.24) is 10.3 Å². The molecule has 2 aromatic rings. The number of nitrogens with zero attached hydrogens (tertiary/aromatic N) is 2. The fourth-order valence-corrected chi connectivity index (χ4v) is 2.95. The van der Waals surface area contributed by atoms with Crippen molar-refractivity contribution in [3.05, 3.63) is 58.4 Å². The van der Waals surface area contributed by atoms with Crippen LogP contribution in [0.25, 0.3) is 0 Å². The van der Waals surface area contributed by atoms with Crippen molar-refractivity contribution in [3.8, 4) is 0 Å². The maximum absolute atomic E-state index is 13.6. The number of nitrogens with one attached hydrogen (secondary N) is 1. The topological polar surface area (TPSA) is 45.2 Å². The molecule has 2 heterocycles. The lowest BCUT2D eigenvalue weighted by atomic mass is 10.0. The van der Waals surface area contributed by atoms with E-state index in [1.807, 2.05) is 12.1 Å². The van der Waals surface area contributed by atoms with Crippen LogP contribution in [0.2, 0.25) is 0 Å². The zero-order valence-corrected chi connectivity index (χ0v) is 14.1. The maximum atomic E-state index is 13.6. The van der Waals surface area contributed by atoms with E-state index in [0.717, 1.165) is 36.2 Å². The van der Waals surface area contributed by atoms with E-state index in [0.29, 0.717) is 0 Å². The highest BCUT2D eigenvalue weighted by Crippen LogP contribution is 2.20. The van der Waals surface area contributed by atoms with Gasteiger partial charge in [0.05, 0.1) is 5.56 Å². The lowest BCUT2D eigenvalue weighted by Gasteiger charge is -2.33. The predicted octanol–water partition coefficient (Wildman–Crippen LogP) is 3.38. The summed E-state index contributed by atoms with van der Waals surface area (Å²) >= 11 is 3.38. The summed E-state index contributed by atoms with van der Waals surface area (Å²) in [6, 6.07) is 10.1. The van der Waals surface area contributed by atoms with Gasteiger partial charge in [0.25, 0.3) is 5.91 Å². The lowest BCUT2D eigenvalue weighted by molar-refractivity contribution is 0.0927. The highest BCUT2D eigenvalue weighted by atomic mass is 79.9. The molecule has 6 heteroatoms. The van der Waals surface area contributed by atoms with Crippen LogP contribution < -0.4 is 10.2 Å². The van der Waals surface area contributed by atoms with E-state index in [1.165, 1.54) is 12.1 Å². The number of carbonyl (C=O) groups excluding carboxylic acids is 1. The van der Waals surface area contributed by atoms with E-state index >= 15 is 0 Å². The van der Waals surface area contributed by atoms with E-state index in [4.69, 9.17) is 0 Å². The van der Waals surface area contributed by atoms with Crippen molar-refractivity contribution in [2.75, 3.05) is 18.0 Å². The third-order valence-corrected chi connectivity index (χ3v) is 4.45. The molecule has 1 saturated heterocycles. The molecule has 4 nitrogen and oxygen atoms in total. The molecule has 1 fully saturated rings. The number of halogens is 2. The van der Waals surface area contributed by atoms with E-state index in [1.54, 1.807) is 18.3 Å². The first-order valence-electron chi connectivity index (χ1n) is 7.55. The molecule has 1 aromatic heterocycles. The number of carbonyl (C=O) groups is 1. The van der Waals surface area contributed by atoms with Crippen molar-refractivity contribution in [2.45, 2.75) is 18.9 Å². The monoisotopic (exact) mass is 377 g/mol. The molecule has 0 unspecified atom stereocenters. The van der Waals surface area contributed by atoms with Gasteiger partial charge in [0.15, 0.2) is 0 Å². The Morgan fingerprint density at radius 3 is 2.61 bits per heavy atom. The minimum absolute atomic E-state index is 0.0637. The van der Waals surface area contributed by atoms with Gasteiger partial charge < -0.3 is 10.2 Å². The number of anilines is 1. The Kier molecular flexibility index (Phi) is 4.91. The number of piperidine rings is 1. The Morgan fingerprint density at radius 2 is 1.96 bits per heavy atom. The standard InChI is InChI=1S/C17H17BrFN3O/c18-12-5-6-16(20-11-12)22-9-7-13(8-10-22)21-17(23)14-3-1-2-4-15(14)19/h1-6,11,13H,7-10H2,(H,21,23). The summed E-state index contributed by atoms with van der Waals surface area (Å²) in [7, 11) is 0. The Labute approximate surface area is 142 Å². The predicted molar refractivity (Wildman–Crippen MR) is 91.0 cm³/mol. The first-order chi connectivity index (χ1) is 11.1. The van der Waals surface area contributed by atoms with E-state index in [9.17, 15) is 9.18 Å². The molecule has 1 N–H and O–H groups in total. The quantitative estimate of drug-likeness (QED) is 0.891. The van der Waals surface area contributed by atoms with Crippen LogP contribution in [0.3, 0.4) is 0 Å². The largest absolute Gasteiger partial charge is 0.356 e. The highest BCUT2D eigenvalue weighted by molar-refractivity contribution is 9.10. The van der Waals surface area contributed by atoms with Crippen molar-refractivity contribution < 1.29 is 9.18 Å². The van der Waals surface area contributed by atoms with Crippen molar-refractivity contribution >= 4 is 27.7 Å². The van der Waals surface area contributed by atoms with Crippen molar-refractivity contribution in [2.24, 2.45) is 0 Å². The maximum Gasteiger partial charge on any atom is 0.254 e. The second-order valence-electron chi connectivity index (χ2n) is 5.55. The summed E-state index contributed by atoms with van der Waals surface area (Å²) in [6.45, 7) is 1.63. The van der Waals surface area contributed by atoms with Gasteiger partial charge in [-0.1, -0.05) is 12.1 Å². The normalized spacial score (nSPS) is 15.5. The molecule has 1 amide bonds. The minimum atomic E-state index is -0.485. The molecule has 1 aromatic carbocycles. The second kappa shape index (κ2) is 7.08. The molecule has 120 valence electrons.